The molecule has 1 fully saturated rings. The van der Waals surface area contributed by atoms with Crippen LogP contribution in [0.4, 0.5) is 0 Å². The van der Waals surface area contributed by atoms with Crippen molar-refractivity contribution in [3.63, 3.8) is 0 Å². The van der Waals surface area contributed by atoms with Crippen molar-refractivity contribution in [2.75, 3.05) is 0 Å². The molecule has 1 aliphatic rings. The molecule has 0 spiro atoms. The molecule has 1 aromatic carbocycles. The molecule has 0 aromatic heterocycles. The number of Topliss-reactive ketones (excluding diaryl/α,β-unsaturated/α-hetero) is 1. The number of carboxylic acids is 1. The second-order valence-corrected chi connectivity index (χ2v) is 8.00. The van der Waals surface area contributed by atoms with Crippen molar-refractivity contribution in [3.05, 3.63) is 35.4 Å². The maximum Gasteiger partial charge on any atom is 0.309 e. The minimum absolute atomic E-state index is 0.241. The molecule has 0 aliphatic heterocycles. The SMILES string of the molecule is CC(=O)C(C)(C)CCCc1ccccc1CCCC1(C(=O)O)CC1. The number of aliphatic carboxylic acids is 1. The van der Waals surface area contributed by atoms with Crippen LogP contribution in [-0.2, 0) is 22.4 Å². The van der Waals surface area contributed by atoms with E-state index in [-0.39, 0.29) is 11.2 Å². The van der Waals surface area contributed by atoms with Crippen LogP contribution < -0.4 is 0 Å². The van der Waals surface area contributed by atoms with Gasteiger partial charge in [-0.05, 0) is 69.4 Å². The summed E-state index contributed by atoms with van der Waals surface area (Å²) in [4.78, 5) is 22.9. The molecule has 0 heterocycles. The van der Waals surface area contributed by atoms with Gasteiger partial charge in [-0.1, -0.05) is 38.1 Å². The van der Waals surface area contributed by atoms with Gasteiger partial charge in [0.25, 0.3) is 0 Å². The zero-order chi connectivity index (χ0) is 17.8. The molecule has 1 saturated carbocycles. The Morgan fingerprint density at radius 3 is 2.08 bits per heavy atom. The zero-order valence-electron chi connectivity index (χ0n) is 15.2. The highest BCUT2D eigenvalue weighted by atomic mass is 16.4. The minimum Gasteiger partial charge on any atom is -0.481 e. The van der Waals surface area contributed by atoms with Gasteiger partial charge in [-0.3, -0.25) is 9.59 Å². The van der Waals surface area contributed by atoms with Crippen molar-refractivity contribution in [3.8, 4) is 0 Å². The van der Waals surface area contributed by atoms with E-state index in [1.165, 1.54) is 11.1 Å². The van der Waals surface area contributed by atoms with Crippen molar-refractivity contribution in [2.45, 2.75) is 72.1 Å². The zero-order valence-corrected chi connectivity index (χ0v) is 15.2. The molecule has 0 saturated heterocycles. The summed E-state index contributed by atoms with van der Waals surface area (Å²) in [6.45, 7) is 5.70. The fourth-order valence-corrected chi connectivity index (χ4v) is 3.28. The maximum atomic E-state index is 11.6. The van der Waals surface area contributed by atoms with E-state index in [0.29, 0.717) is 0 Å². The van der Waals surface area contributed by atoms with E-state index in [9.17, 15) is 14.7 Å². The van der Waals surface area contributed by atoms with Crippen LogP contribution in [-0.4, -0.2) is 16.9 Å². The summed E-state index contributed by atoms with van der Waals surface area (Å²) in [5, 5.41) is 9.27. The van der Waals surface area contributed by atoms with Crippen LogP contribution in [0.15, 0.2) is 24.3 Å². The quantitative estimate of drug-likeness (QED) is 0.669. The van der Waals surface area contributed by atoms with E-state index in [2.05, 4.69) is 24.3 Å². The van der Waals surface area contributed by atoms with Crippen molar-refractivity contribution in [2.24, 2.45) is 10.8 Å². The molecule has 24 heavy (non-hydrogen) atoms. The first kappa shape index (κ1) is 18.7. The van der Waals surface area contributed by atoms with Gasteiger partial charge in [0.05, 0.1) is 5.41 Å². The normalized spacial score (nSPS) is 16.0. The molecule has 3 nitrogen and oxygen atoms in total. The highest BCUT2D eigenvalue weighted by molar-refractivity contribution is 5.81. The number of ketones is 1. The number of hydrogen-bond donors (Lipinski definition) is 1. The lowest BCUT2D eigenvalue weighted by molar-refractivity contribution is -0.143. The number of carboxylic acid groups (broad SMARTS) is 1. The lowest BCUT2D eigenvalue weighted by Crippen LogP contribution is -2.21. The Balaban J connectivity index is 1.86. The number of rotatable bonds is 10. The van der Waals surface area contributed by atoms with Gasteiger partial charge >= 0.3 is 5.97 Å². The first-order valence-corrected chi connectivity index (χ1v) is 9.08. The van der Waals surface area contributed by atoms with Crippen LogP contribution in [0.25, 0.3) is 0 Å². The van der Waals surface area contributed by atoms with Gasteiger partial charge in [-0.25, -0.2) is 0 Å². The van der Waals surface area contributed by atoms with E-state index in [4.69, 9.17) is 0 Å². The molecule has 0 amide bonds. The largest absolute Gasteiger partial charge is 0.481 e. The number of benzene rings is 1. The van der Waals surface area contributed by atoms with Gasteiger partial charge in [-0.2, -0.15) is 0 Å². The Labute approximate surface area is 145 Å². The third-order valence-electron chi connectivity index (χ3n) is 5.73. The molecule has 2 rings (SSSR count). The number of carbonyl (C=O) groups is 2. The van der Waals surface area contributed by atoms with E-state index < -0.39 is 11.4 Å². The Hall–Kier alpha value is -1.64. The number of aryl methyl sites for hydroxylation is 2. The van der Waals surface area contributed by atoms with Crippen LogP contribution in [0.1, 0.15) is 70.4 Å². The van der Waals surface area contributed by atoms with Gasteiger partial charge < -0.3 is 5.11 Å². The molecule has 3 heteroatoms. The van der Waals surface area contributed by atoms with Gasteiger partial charge in [0.15, 0.2) is 0 Å². The Morgan fingerprint density at radius 2 is 1.62 bits per heavy atom. The van der Waals surface area contributed by atoms with Crippen molar-refractivity contribution >= 4 is 11.8 Å². The highest BCUT2D eigenvalue weighted by Crippen LogP contribution is 2.50. The van der Waals surface area contributed by atoms with Crippen LogP contribution in [0.3, 0.4) is 0 Å². The van der Waals surface area contributed by atoms with Gasteiger partial charge in [0, 0.05) is 5.41 Å². The average molecular weight is 330 g/mol. The fraction of sp³-hybridized carbons (Fsp3) is 0.619. The smallest absolute Gasteiger partial charge is 0.309 e. The first-order chi connectivity index (χ1) is 11.3. The molecule has 1 aliphatic carbocycles. The Morgan fingerprint density at radius 1 is 1.08 bits per heavy atom. The summed E-state index contributed by atoms with van der Waals surface area (Å²) in [5.41, 5.74) is 2.02. The average Bonchev–Trinajstić information content (AvgIpc) is 3.30. The van der Waals surface area contributed by atoms with E-state index in [0.717, 1.165) is 51.4 Å². The third kappa shape index (κ3) is 4.68. The summed E-state index contributed by atoms with van der Waals surface area (Å²) in [6, 6.07) is 8.45. The highest BCUT2D eigenvalue weighted by Gasteiger charge is 2.49. The Kier molecular flexibility index (Phi) is 5.84. The molecule has 0 unspecified atom stereocenters. The fourth-order valence-electron chi connectivity index (χ4n) is 3.28. The van der Waals surface area contributed by atoms with Crippen LogP contribution in [0.5, 0.6) is 0 Å². The van der Waals surface area contributed by atoms with E-state index in [1.54, 1.807) is 6.92 Å². The molecular formula is C21H30O3. The van der Waals surface area contributed by atoms with Gasteiger partial charge in [0.1, 0.15) is 5.78 Å². The summed E-state index contributed by atoms with van der Waals surface area (Å²) in [5.74, 6) is -0.374. The van der Waals surface area contributed by atoms with Crippen LogP contribution in [0, 0.1) is 10.8 Å². The molecule has 0 bridgehead atoms. The van der Waals surface area contributed by atoms with Crippen LogP contribution >= 0.6 is 0 Å². The predicted molar refractivity (Wildman–Crippen MR) is 96.1 cm³/mol. The summed E-state index contributed by atoms with van der Waals surface area (Å²) in [6.07, 6.45) is 7.23. The summed E-state index contributed by atoms with van der Waals surface area (Å²) >= 11 is 0. The molecule has 0 radical (unpaired) electrons. The second kappa shape index (κ2) is 7.50. The molecule has 132 valence electrons. The topological polar surface area (TPSA) is 54.4 Å². The summed E-state index contributed by atoms with van der Waals surface area (Å²) < 4.78 is 0. The van der Waals surface area contributed by atoms with E-state index >= 15 is 0 Å². The maximum absolute atomic E-state index is 11.6. The monoisotopic (exact) mass is 330 g/mol. The van der Waals surface area contributed by atoms with Gasteiger partial charge in [-0.15, -0.1) is 0 Å². The van der Waals surface area contributed by atoms with Gasteiger partial charge in [0.2, 0.25) is 0 Å². The van der Waals surface area contributed by atoms with Crippen LogP contribution in [0.2, 0.25) is 0 Å². The lowest BCUT2D eigenvalue weighted by Gasteiger charge is -2.21. The van der Waals surface area contributed by atoms with Crippen molar-refractivity contribution < 1.29 is 14.7 Å². The lowest BCUT2D eigenvalue weighted by atomic mass is 9.82. The molecule has 0 atom stereocenters. The molecular weight excluding hydrogens is 300 g/mol. The molecule has 1 aromatic rings. The summed E-state index contributed by atoms with van der Waals surface area (Å²) in [7, 11) is 0. The first-order valence-electron chi connectivity index (χ1n) is 9.08. The van der Waals surface area contributed by atoms with E-state index in [1.807, 2.05) is 13.8 Å². The minimum atomic E-state index is -0.623. The second-order valence-electron chi connectivity index (χ2n) is 8.00. The molecule has 1 N–H and O–H groups in total. The predicted octanol–water partition coefficient (Wildman–Crippen LogP) is 4.81. The standard InChI is InChI=1S/C21H30O3/c1-16(22)20(2,3)12-6-10-17-8-4-5-9-18(17)11-7-13-21(14-15-21)19(23)24/h4-5,8-9H,6-7,10-15H2,1-3H3,(H,23,24). The number of hydrogen-bond acceptors (Lipinski definition) is 2. The van der Waals surface area contributed by atoms with Crippen molar-refractivity contribution in [1.82, 2.24) is 0 Å². The number of carbonyl (C=O) groups excluding carboxylic acids is 1. The van der Waals surface area contributed by atoms with Crippen molar-refractivity contribution in [1.29, 1.82) is 0 Å². The Bertz CT molecular complexity index is 556. The third-order valence-corrected chi connectivity index (χ3v) is 5.73.